The monoisotopic (exact) mass is 126 g/mol. The van der Waals surface area contributed by atoms with Crippen LogP contribution in [-0.4, -0.2) is 11.2 Å². The molecule has 1 N–H and O–H groups in total. The van der Waals surface area contributed by atoms with Crippen molar-refractivity contribution in [3.63, 3.8) is 0 Å². The summed E-state index contributed by atoms with van der Waals surface area (Å²) in [5, 5.41) is 9.13. The number of hydrogen-bond acceptors (Lipinski definition) is 1. The van der Waals surface area contributed by atoms with Gasteiger partial charge in [-0.3, -0.25) is 0 Å². The Bertz CT molecular complexity index is 96.7. The van der Waals surface area contributed by atoms with Crippen molar-refractivity contribution in [1.82, 2.24) is 0 Å². The third kappa shape index (κ3) is 2.66. The van der Waals surface area contributed by atoms with Crippen LogP contribution in [0, 0.1) is 0 Å². The molecule has 1 aliphatic rings. The molecule has 0 saturated heterocycles. The standard InChI is InChI=1S/C8H14O/c9-8-6-4-2-1-3-5-7-8/h4,6,8-9H,1-3,5,7H2/t8-/m1/s1. The van der Waals surface area contributed by atoms with Crippen LogP contribution in [0.15, 0.2) is 12.2 Å². The summed E-state index contributed by atoms with van der Waals surface area (Å²) in [5.74, 6) is 0. The van der Waals surface area contributed by atoms with Gasteiger partial charge in [-0.2, -0.15) is 0 Å². The van der Waals surface area contributed by atoms with Crippen molar-refractivity contribution in [3.05, 3.63) is 12.2 Å². The highest BCUT2D eigenvalue weighted by Gasteiger charge is 2.00. The van der Waals surface area contributed by atoms with E-state index < -0.39 is 0 Å². The Kier molecular flexibility index (Phi) is 2.78. The van der Waals surface area contributed by atoms with E-state index in [1.54, 1.807) is 0 Å². The van der Waals surface area contributed by atoms with Crippen LogP contribution in [0.25, 0.3) is 0 Å². The van der Waals surface area contributed by atoms with Crippen LogP contribution in [0.5, 0.6) is 0 Å². The molecule has 0 unspecified atom stereocenters. The zero-order valence-corrected chi connectivity index (χ0v) is 5.71. The molecule has 52 valence electrons. The summed E-state index contributed by atoms with van der Waals surface area (Å²) in [4.78, 5) is 0. The van der Waals surface area contributed by atoms with Gasteiger partial charge in [0.05, 0.1) is 6.10 Å². The van der Waals surface area contributed by atoms with Gasteiger partial charge in [-0.15, -0.1) is 0 Å². The summed E-state index contributed by atoms with van der Waals surface area (Å²) in [7, 11) is 0. The molecule has 1 rings (SSSR count). The minimum atomic E-state index is -0.162. The normalized spacial score (nSPS) is 29.2. The lowest BCUT2D eigenvalue weighted by atomic mass is 10.0. The highest BCUT2D eigenvalue weighted by Crippen LogP contribution is 2.10. The second kappa shape index (κ2) is 3.67. The van der Waals surface area contributed by atoms with E-state index in [2.05, 4.69) is 6.08 Å². The molecule has 0 bridgehead atoms. The van der Waals surface area contributed by atoms with Gasteiger partial charge < -0.3 is 5.11 Å². The molecular weight excluding hydrogens is 112 g/mol. The molecule has 0 aliphatic heterocycles. The molecule has 0 heterocycles. The number of hydrogen-bond donors (Lipinski definition) is 1. The van der Waals surface area contributed by atoms with E-state index in [0.29, 0.717) is 0 Å². The fraction of sp³-hybridized carbons (Fsp3) is 0.750. The van der Waals surface area contributed by atoms with Crippen LogP contribution >= 0.6 is 0 Å². The maximum Gasteiger partial charge on any atom is 0.0720 e. The minimum Gasteiger partial charge on any atom is -0.389 e. The molecule has 9 heavy (non-hydrogen) atoms. The highest BCUT2D eigenvalue weighted by atomic mass is 16.3. The van der Waals surface area contributed by atoms with Gasteiger partial charge in [0.25, 0.3) is 0 Å². The third-order valence-electron chi connectivity index (χ3n) is 1.73. The molecule has 1 heteroatoms. The third-order valence-corrected chi connectivity index (χ3v) is 1.73. The number of aliphatic hydroxyl groups excluding tert-OH is 1. The quantitative estimate of drug-likeness (QED) is 0.491. The van der Waals surface area contributed by atoms with E-state index in [0.717, 1.165) is 12.8 Å². The summed E-state index contributed by atoms with van der Waals surface area (Å²) in [6, 6.07) is 0. The van der Waals surface area contributed by atoms with Crippen molar-refractivity contribution in [2.24, 2.45) is 0 Å². The van der Waals surface area contributed by atoms with Crippen LogP contribution in [0.1, 0.15) is 32.1 Å². The van der Waals surface area contributed by atoms with E-state index in [1.165, 1.54) is 19.3 Å². The van der Waals surface area contributed by atoms with Gasteiger partial charge in [0.2, 0.25) is 0 Å². The Labute approximate surface area is 56.4 Å². The first-order valence-electron chi connectivity index (χ1n) is 3.74. The van der Waals surface area contributed by atoms with E-state index in [1.807, 2.05) is 6.08 Å². The van der Waals surface area contributed by atoms with E-state index in [-0.39, 0.29) is 6.10 Å². The molecule has 1 aliphatic carbocycles. The lowest BCUT2D eigenvalue weighted by Crippen LogP contribution is -2.02. The zero-order chi connectivity index (χ0) is 6.53. The predicted octanol–water partition coefficient (Wildman–Crippen LogP) is 1.87. The Morgan fingerprint density at radius 1 is 1.22 bits per heavy atom. The molecule has 0 aromatic rings. The fourth-order valence-electron chi connectivity index (χ4n) is 1.14. The summed E-state index contributed by atoms with van der Waals surface area (Å²) in [6.45, 7) is 0. The van der Waals surface area contributed by atoms with Crippen LogP contribution in [0.4, 0.5) is 0 Å². The highest BCUT2D eigenvalue weighted by molar-refractivity contribution is 4.89. The van der Waals surface area contributed by atoms with Crippen molar-refractivity contribution in [1.29, 1.82) is 0 Å². The smallest absolute Gasteiger partial charge is 0.0720 e. The van der Waals surface area contributed by atoms with Gasteiger partial charge in [-0.05, 0) is 19.3 Å². The first kappa shape index (κ1) is 6.81. The Hall–Kier alpha value is -0.300. The lowest BCUT2D eigenvalue weighted by molar-refractivity contribution is 0.206. The SMILES string of the molecule is O[C@@H]1C=CCCCCC1. The average molecular weight is 126 g/mol. The predicted molar refractivity (Wildman–Crippen MR) is 38.2 cm³/mol. The summed E-state index contributed by atoms with van der Waals surface area (Å²) >= 11 is 0. The summed E-state index contributed by atoms with van der Waals surface area (Å²) in [5.41, 5.74) is 0. The first-order chi connectivity index (χ1) is 4.39. The van der Waals surface area contributed by atoms with Crippen molar-refractivity contribution in [2.75, 3.05) is 0 Å². The topological polar surface area (TPSA) is 20.2 Å². The van der Waals surface area contributed by atoms with Crippen LogP contribution in [-0.2, 0) is 0 Å². The summed E-state index contributed by atoms with van der Waals surface area (Å²) < 4.78 is 0. The Morgan fingerprint density at radius 2 is 2.11 bits per heavy atom. The fourth-order valence-corrected chi connectivity index (χ4v) is 1.14. The number of aliphatic hydroxyl groups is 1. The van der Waals surface area contributed by atoms with E-state index in [9.17, 15) is 0 Å². The zero-order valence-electron chi connectivity index (χ0n) is 5.71. The Morgan fingerprint density at radius 3 is 3.00 bits per heavy atom. The molecule has 0 aromatic carbocycles. The van der Waals surface area contributed by atoms with Gasteiger partial charge in [0, 0.05) is 0 Å². The van der Waals surface area contributed by atoms with Gasteiger partial charge in [0.1, 0.15) is 0 Å². The molecular formula is C8H14O. The molecule has 0 fully saturated rings. The minimum absolute atomic E-state index is 0.162. The van der Waals surface area contributed by atoms with Crippen LogP contribution < -0.4 is 0 Å². The molecule has 0 aromatic heterocycles. The summed E-state index contributed by atoms with van der Waals surface area (Å²) in [6.07, 6.45) is 9.71. The maximum absolute atomic E-state index is 9.13. The van der Waals surface area contributed by atoms with Crippen molar-refractivity contribution >= 4 is 0 Å². The average Bonchev–Trinajstić information content (AvgIpc) is 1.79. The van der Waals surface area contributed by atoms with Crippen LogP contribution in [0.3, 0.4) is 0 Å². The van der Waals surface area contributed by atoms with Gasteiger partial charge >= 0.3 is 0 Å². The van der Waals surface area contributed by atoms with E-state index >= 15 is 0 Å². The molecule has 0 amide bonds. The van der Waals surface area contributed by atoms with Gasteiger partial charge in [-0.25, -0.2) is 0 Å². The molecule has 1 nitrogen and oxygen atoms in total. The Balaban J connectivity index is 2.30. The van der Waals surface area contributed by atoms with Crippen molar-refractivity contribution in [3.8, 4) is 0 Å². The molecule has 0 radical (unpaired) electrons. The number of rotatable bonds is 0. The first-order valence-corrected chi connectivity index (χ1v) is 3.74. The molecule has 0 spiro atoms. The van der Waals surface area contributed by atoms with Gasteiger partial charge in [-0.1, -0.05) is 25.0 Å². The van der Waals surface area contributed by atoms with Crippen molar-refractivity contribution in [2.45, 2.75) is 38.2 Å². The van der Waals surface area contributed by atoms with Crippen LogP contribution in [0.2, 0.25) is 0 Å². The van der Waals surface area contributed by atoms with Gasteiger partial charge in [0.15, 0.2) is 0 Å². The largest absolute Gasteiger partial charge is 0.389 e. The second-order valence-electron chi connectivity index (χ2n) is 2.63. The van der Waals surface area contributed by atoms with E-state index in [4.69, 9.17) is 5.11 Å². The second-order valence-corrected chi connectivity index (χ2v) is 2.63. The molecule has 1 atom stereocenters. The lowest BCUT2D eigenvalue weighted by Gasteiger charge is -2.07. The van der Waals surface area contributed by atoms with Crippen molar-refractivity contribution < 1.29 is 5.11 Å². The number of allylic oxidation sites excluding steroid dienone is 1. The maximum atomic E-state index is 9.13. The molecule has 0 saturated carbocycles.